The molecule has 1 N–H and O–H groups in total. The number of quaternary nitrogens is 1. The van der Waals surface area contributed by atoms with E-state index in [9.17, 15) is 4.79 Å². The Morgan fingerprint density at radius 1 is 1.03 bits per heavy atom. The Balaban J connectivity index is 1.12. The predicted molar refractivity (Wildman–Crippen MR) is 115 cm³/mol. The van der Waals surface area contributed by atoms with E-state index < -0.39 is 0 Å². The molecule has 31 heavy (non-hydrogen) atoms. The van der Waals surface area contributed by atoms with E-state index in [-0.39, 0.29) is 5.91 Å². The van der Waals surface area contributed by atoms with Crippen LogP contribution in [-0.2, 0) is 19.6 Å². The molecule has 0 atom stereocenters. The first-order valence-corrected chi connectivity index (χ1v) is 10.9. The first-order chi connectivity index (χ1) is 15.2. The molecule has 5 rings (SSSR count). The van der Waals surface area contributed by atoms with Gasteiger partial charge in [-0.05, 0) is 48.0 Å². The Bertz CT molecular complexity index is 1040. The Morgan fingerprint density at radius 2 is 1.87 bits per heavy atom. The zero-order valence-corrected chi connectivity index (χ0v) is 17.5. The van der Waals surface area contributed by atoms with Crippen molar-refractivity contribution in [2.24, 2.45) is 0 Å². The zero-order chi connectivity index (χ0) is 21.0. The van der Waals surface area contributed by atoms with Crippen molar-refractivity contribution in [3.8, 4) is 11.5 Å². The zero-order valence-electron chi connectivity index (χ0n) is 17.5. The second kappa shape index (κ2) is 8.86. The molecular weight excluding hydrogens is 392 g/mol. The number of piperazine rings is 1. The summed E-state index contributed by atoms with van der Waals surface area (Å²) in [6.07, 6.45) is 1.00. The molecule has 2 aromatic carbocycles. The Labute approximate surface area is 182 Å². The first kappa shape index (κ1) is 19.7. The summed E-state index contributed by atoms with van der Waals surface area (Å²) in [5, 5.41) is 0. The molecule has 1 aromatic heterocycles. The van der Waals surface area contributed by atoms with E-state index in [2.05, 4.69) is 18.2 Å². The highest BCUT2D eigenvalue weighted by atomic mass is 16.5. The number of benzene rings is 2. The van der Waals surface area contributed by atoms with Gasteiger partial charge in [-0.3, -0.25) is 4.79 Å². The summed E-state index contributed by atoms with van der Waals surface area (Å²) in [5.74, 6) is 2.80. The molecule has 1 fully saturated rings. The maximum Gasteiger partial charge on any atom is 0.289 e. The number of hydrogen-bond acceptors (Lipinski definition) is 4. The minimum Gasteiger partial charge on any atom is -0.493 e. The largest absolute Gasteiger partial charge is 0.493 e. The fourth-order valence-electron chi connectivity index (χ4n) is 4.24. The molecule has 6 heteroatoms. The molecule has 0 aliphatic carbocycles. The third-order valence-electron chi connectivity index (χ3n) is 5.96. The molecule has 0 saturated carbocycles. The van der Waals surface area contributed by atoms with Gasteiger partial charge in [-0.1, -0.05) is 18.2 Å². The van der Waals surface area contributed by atoms with E-state index in [0.717, 1.165) is 57.3 Å². The van der Waals surface area contributed by atoms with Gasteiger partial charge in [0.2, 0.25) is 0 Å². The molecule has 3 aromatic rings. The van der Waals surface area contributed by atoms with Gasteiger partial charge >= 0.3 is 0 Å². The molecule has 6 nitrogen and oxygen atoms in total. The molecule has 0 spiro atoms. The average Bonchev–Trinajstić information content (AvgIpc) is 3.48. The van der Waals surface area contributed by atoms with Crippen molar-refractivity contribution in [1.82, 2.24) is 4.90 Å². The van der Waals surface area contributed by atoms with Crippen molar-refractivity contribution in [2.45, 2.75) is 19.6 Å². The summed E-state index contributed by atoms with van der Waals surface area (Å²) in [4.78, 5) is 16.2. The van der Waals surface area contributed by atoms with Crippen molar-refractivity contribution < 1.29 is 23.6 Å². The lowest BCUT2D eigenvalue weighted by molar-refractivity contribution is -0.917. The normalized spacial score (nSPS) is 16.1. The van der Waals surface area contributed by atoms with Gasteiger partial charge in [0.05, 0.1) is 32.8 Å². The summed E-state index contributed by atoms with van der Waals surface area (Å²) < 4.78 is 17.0. The number of ether oxygens (including phenoxy) is 2. The third-order valence-corrected chi connectivity index (χ3v) is 5.96. The Morgan fingerprint density at radius 3 is 2.71 bits per heavy atom. The van der Waals surface area contributed by atoms with Crippen LogP contribution in [-0.4, -0.2) is 43.6 Å². The number of para-hydroxylation sites is 1. The molecule has 3 heterocycles. The van der Waals surface area contributed by atoms with Crippen LogP contribution in [0.4, 0.5) is 0 Å². The molecule has 2 aliphatic heterocycles. The van der Waals surface area contributed by atoms with E-state index in [1.54, 1.807) is 6.07 Å². The standard InChI is InChI=1S/C25H26N2O4/c28-25(24-9-7-22(31-24)18-30-21-4-2-1-3-5-21)27-13-11-26(12-14-27)17-19-6-8-23-20(16-19)10-15-29-23/h1-9,16H,10-15,17-18H2/p+1. The number of nitrogens with one attached hydrogen (secondary N) is 1. The molecule has 160 valence electrons. The fraction of sp³-hybridized carbons (Fsp3) is 0.320. The number of fused-ring (bicyclic) bond motifs is 1. The maximum atomic E-state index is 12.8. The quantitative estimate of drug-likeness (QED) is 0.666. The summed E-state index contributed by atoms with van der Waals surface area (Å²) in [6, 6.07) is 19.7. The SMILES string of the molecule is O=C(c1ccc(COc2ccccc2)o1)N1CC[NH+](Cc2ccc3c(c2)CCO3)CC1. The minimum absolute atomic E-state index is 0.0420. The second-order valence-corrected chi connectivity index (χ2v) is 8.13. The first-order valence-electron chi connectivity index (χ1n) is 10.9. The van der Waals surface area contributed by atoms with E-state index >= 15 is 0 Å². The van der Waals surface area contributed by atoms with Gasteiger partial charge in [0, 0.05) is 12.0 Å². The lowest BCUT2D eigenvalue weighted by Crippen LogP contribution is -3.13. The number of rotatable bonds is 6. The average molecular weight is 420 g/mol. The Kier molecular flexibility index (Phi) is 5.63. The van der Waals surface area contributed by atoms with Crippen molar-refractivity contribution in [3.05, 3.63) is 83.3 Å². The van der Waals surface area contributed by atoms with E-state index in [0.29, 0.717) is 18.1 Å². The molecule has 1 saturated heterocycles. The number of hydrogen-bond donors (Lipinski definition) is 1. The molecule has 0 radical (unpaired) electrons. The van der Waals surface area contributed by atoms with Crippen LogP contribution in [0.5, 0.6) is 11.5 Å². The van der Waals surface area contributed by atoms with E-state index in [1.165, 1.54) is 16.0 Å². The van der Waals surface area contributed by atoms with Crippen LogP contribution in [0.1, 0.15) is 27.4 Å². The molecule has 0 unspecified atom stereocenters. The van der Waals surface area contributed by atoms with Gasteiger partial charge in [0.1, 0.15) is 30.4 Å². The van der Waals surface area contributed by atoms with Gasteiger partial charge in [0.25, 0.3) is 5.91 Å². The highest BCUT2D eigenvalue weighted by molar-refractivity contribution is 5.91. The second-order valence-electron chi connectivity index (χ2n) is 8.13. The summed E-state index contributed by atoms with van der Waals surface area (Å²) in [7, 11) is 0. The smallest absolute Gasteiger partial charge is 0.289 e. The summed E-state index contributed by atoms with van der Waals surface area (Å²) in [5.41, 5.74) is 2.66. The maximum absolute atomic E-state index is 12.8. The third kappa shape index (κ3) is 4.59. The van der Waals surface area contributed by atoms with Crippen LogP contribution in [0, 0.1) is 0 Å². The Hall–Kier alpha value is -3.25. The molecule has 2 aliphatic rings. The summed E-state index contributed by atoms with van der Waals surface area (Å²) in [6.45, 7) is 5.42. The van der Waals surface area contributed by atoms with Crippen molar-refractivity contribution in [1.29, 1.82) is 0 Å². The topological polar surface area (TPSA) is 56.3 Å². The summed E-state index contributed by atoms with van der Waals surface area (Å²) >= 11 is 0. The lowest BCUT2D eigenvalue weighted by Gasteiger charge is -2.31. The van der Waals surface area contributed by atoms with Crippen LogP contribution in [0.3, 0.4) is 0 Å². The van der Waals surface area contributed by atoms with Crippen molar-refractivity contribution in [3.63, 3.8) is 0 Å². The number of carbonyl (C=O) groups is 1. The minimum atomic E-state index is -0.0420. The predicted octanol–water partition coefficient (Wildman–Crippen LogP) is 2.33. The highest BCUT2D eigenvalue weighted by Crippen LogP contribution is 2.25. The van der Waals surface area contributed by atoms with Crippen LogP contribution in [0.25, 0.3) is 0 Å². The lowest BCUT2D eigenvalue weighted by atomic mass is 10.1. The number of furan rings is 1. The van der Waals surface area contributed by atoms with Gasteiger partial charge in [0.15, 0.2) is 5.76 Å². The van der Waals surface area contributed by atoms with Gasteiger partial charge in [-0.25, -0.2) is 0 Å². The molecule has 0 bridgehead atoms. The van der Waals surface area contributed by atoms with Crippen LogP contribution in [0.2, 0.25) is 0 Å². The molecule has 1 amide bonds. The van der Waals surface area contributed by atoms with Crippen molar-refractivity contribution in [2.75, 3.05) is 32.8 Å². The number of nitrogens with zero attached hydrogens (tertiary/aromatic N) is 1. The fourth-order valence-corrected chi connectivity index (χ4v) is 4.24. The van der Waals surface area contributed by atoms with Gasteiger partial charge in [-0.2, -0.15) is 0 Å². The monoisotopic (exact) mass is 419 g/mol. The van der Waals surface area contributed by atoms with Crippen LogP contribution < -0.4 is 14.4 Å². The highest BCUT2D eigenvalue weighted by Gasteiger charge is 2.27. The van der Waals surface area contributed by atoms with E-state index in [1.807, 2.05) is 41.3 Å². The van der Waals surface area contributed by atoms with Crippen LogP contribution in [0.15, 0.2) is 65.1 Å². The van der Waals surface area contributed by atoms with E-state index in [4.69, 9.17) is 13.9 Å². The van der Waals surface area contributed by atoms with Gasteiger partial charge < -0.3 is 23.7 Å². The molecular formula is C25H27N2O4+. The van der Waals surface area contributed by atoms with Crippen LogP contribution >= 0.6 is 0 Å². The van der Waals surface area contributed by atoms with Crippen molar-refractivity contribution >= 4 is 5.91 Å². The number of carbonyl (C=O) groups excluding carboxylic acids is 1. The number of amides is 1. The van der Waals surface area contributed by atoms with Gasteiger partial charge in [-0.15, -0.1) is 0 Å².